The Kier molecular flexibility index (Phi) is 9.62. The van der Waals surface area contributed by atoms with Gasteiger partial charge in [-0.2, -0.15) is 0 Å². The summed E-state index contributed by atoms with van der Waals surface area (Å²) in [6, 6.07) is 63.9. The van der Waals surface area contributed by atoms with Crippen molar-refractivity contribution < 1.29 is 0 Å². The molecular formula is C62H56N2. The van der Waals surface area contributed by atoms with Crippen molar-refractivity contribution in [1.82, 2.24) is 0 Å². The molecule has 64 heavy (non-hydrogen) atoms. The fourth-order valence-corrected chi connectivity index (χ4v) is 11.6. The molecule has 0 aromatic heterocycles. The molecule has 0 fully saturated rings. The Morgan fingerprint density at radius 1 is 0.406 bits per heavy atom. The van der Waals surface area contributed by atoms with Gasteiger partial charge >= 0.3 is 0 Å². The number of anilines is 6. The lowest BCUT2D eigenvalue weighted by Crippen LogP contribution is -2.19. The van der Waals surface area contributed by atoms with Crippen LogP contribution < -0.4 is 9.80 Å². The predicted octanol–water partition coefficient (Wildman–Crippen LogP) is 17.3. The minimum atomic E-state index is -0.0781. The van der Waals surface area contributed by atoms with Gasteiger partial charge in [-0.25, -0.2) is 0 Å². The van der Waals surface area contributed by atoms with Crippen molar-refractivity contribution in [3.8, 4) is 22.3 Å². The maximum Gasteiger partial charge on any atom is 0.0543 e. The summed E-state index contributed by atoms with van der Waals surface area (Å²) >= 11 is 0. The Hall–Kier alpha value is -6.90. The molecule has 8 aromatic rings. The summed E-state index contributed by atoms with van der Waals surface area (Å²) in [5, 5.41) is 2.57. The van der Waals surface area contributed by atoms with E-state index in [1.54, 1.807) is 5.57 Å². The number of aryl methyl sites for hydroxylation is 2. The molecule has 4 aliphatic carbocycles. The first-order chi connectivity index (χ1) is 31.3. The zero-order valence-electron chi connectivity index (χ0n) is 38.0. The molecule has 0 N–H and O–H groups in total. The van der Waals surface area contributed by atoms with Crippen LogP contribution in [0.15, 0.2) is 188 Å². The molecule has 2 heteroatoms. The highest BCUT2D eigenvalue weighted by Gasteiger charge is 2.39. The van der Waals surface area contributed by atoms with Crippen molar-refractivity contribution in [3.05, 3.63) is 221 Å². The zero-order chi connectivity index (χ0) is 43.7. The van der Waals surface area contributed by atoms with Gasteiger partial charge in [0.05, 0.1) is 5.69 Å². The average Bonchev–Trinajstić information content (AvgIpc) is 3.71. The number of allylic oxidation sites excluding steroid dienone is 4. The molecule has 8 aromatic carbocycles. The molecule has 0 spiro atoms. The van der Waals surface area contributed by atoms with Gasteiger partial charge in [-0.05, 0) is 159 Å². The Balaban J connectivity index is 0.00000225. The second-order valence-electron chi connectivity index (χ2n) is 18.7. The zero-order valence-corrected chi connectivity index (χ0v) is 38.0. The monoisotopic (exact) mass is 828 g/mol. The Labute approximate surface area is 379 Å². The lowest BCUT2D eigenvalue weighted by Gasteiger charge is -2.32. The second-order valence-corrected chi connectivity index (χ2v) is 18.7. The highest BCUT2D eigenvalue weighted by atomic mass is 15.1. The standard InChI is InChI=1S/C60H50N2.C2H6/c1-59(2)53-25-15-13-21-47(53)49-33-30-44(37-55(49)59)61(41-17-7-5-8-18-41)43-29-32-46-39(35-43)27-28-40-36-57(51-23-11-12-24-52(51)58(40)46)62(42-19-9-6-10-20-42)45-31-34-50-48-22-14-16-26-54(48)60(3,4)56(50)38-45;1-2/h5-15,17-25,29-38H,16,26-28H2,1-4H3;1-2H3. The van der Waals surface area contributed by atoms with Gasteiger partial charge < -0.3 is 9.80 Å². The van der Waals surface area contributed by atoms with Gasteiger partial charge in [0.25, 0.3) is 0 Å². The van der Waals surface area contributed by atoms with E-state index in [2.05, 4.69) is 220 Å². The van der Waals surface area contributed by atoms with Crippen molar-refractivity contribution in [2.45, 2.75) is 78.1 Å². The van der Waals surface area contributed by atoms with Crippen molar-refractivity contribution >= 4 is 50.5 Å². The molecule has 0 radical (unpaired) electrons. The molecule has 0 saturated heterocycles. The smallest absolute Gasteiger partial charge is 0.0543 e. The van der Waals surface area contributed by atoms with Crippen LogP contribution in [0.1, 0.15) is 87.8 Å². The van der Waals surface area contributed by atoms with E-state index in [9.17, 15) is 0 Å². The topological polar surface area (TPSA) is 6.48 Å². The molecule has 0 amide bonds. The second kappa shape index (κ2) is 15.4. The molecule has 0 heterocycles. The maximum atomic E-state index is 2.51. The van der Waals surface area contributed by atoms with Crippen molar-refractivity contribution in [2.24, 2.45) is 0 Å². The SMILES string of the molecule is CC.CC1(C)C2=C(C=CCC2)c2ccc(N(c3ccccc3)c3cc4c(c5ccccc35)-c3ccc(N(c5ccccc5)c5ccc6c(c5)C(C)(C)c5ccccc5-6)cc3CC4)cc21. The first-order valence-corrected chi connectivity index (χ1v) is 23.5. The van der Waals surface area contributed by atoms with Crippen LogP contribution in [0.25, 0.3) is 38.6 Å². The van der Waals surface area contributed by atoms with Gasteiger partial charge in [0.2, 0.25) is 0 Å². The molecular weight excluding hydrogens is 773 g/mol. The Morgan fingerprint density at radius 3 is 1.69 bits per heavy atom. The lowest BCUT2D eigenvalue weighted by atomic mass is 9.78. The number of benzene rings is 8. The van der Waals surface area contributed by atoms with E-state index >= 15 is 0 Å². The summed E-state index contributed by atoms with van der Waals surface area (Å²) in [5.41, 5.74) is 23.9. The minimum absolute atomic E-state index is 0.00659. The fraction of sp³-hybridized carbons (Fsp3) is 0.194. The third-order valence-electron chi connectivity index (χ3n) is 14.6. The third kappa shape index (κ3) is 6.14. The van der Waals surface area contributed by atoms with E-state index in [4.69, 9.17) is 0 Å². The number of hydrogen-bond donors (Lipinski definition) is 0. The van der Waals surface area contributed by atoms with Gasteiger partial charge in [-0.15, -0.1) is 0 Å². The molecule has 12 rings (SSSR count). The normalized spacial score (nSPS) is 15.5. The van der Waals surface area contributed by atoms with Gasteiger partial charge in [0, 0.05) is 44.7 Å². The lowest BCUT2D eigenvalue weighted by molar-refractivity contribution is 0.607. The van der Waals surface area contributed by atoms with Crippen LogP contribution >= 0.6 is 0 Å². The summed E-state index contributed by atoms with van der Waals surface area (Å²) in [6.07, 6.45) is 8.92. The van der Waals surface area contributed by atoms with Crippen LogP contribution in [0, 0.1) is 0 Å². The van der Waals surface area contributed by atoms with E-state index in [-0.39, 0.29) is 10.8 Å². The first kappa shape index (κ1) is 39.9. The number of para-hydroxylation sites is 2. The summed E-state index contributed by atoms with van der Waals surface area (Å²) in [6.45, 7) is 13.6. The van der Waals surface area contributed by atoms with Crippen LogP contribution in [-0.4, -0.2) is 0 Å². The van der Waals surface area contributed by atoms with Crippen LogP contribution in [0.5, 0.6) is 0 Å². The Morgan fingerprint density at radius 2 is 0.953 bits per heavy atom. The van der Waals surface area contributed by atoms with Crippen molar-refractivity contribution in [3.63, 3.8) is 0 Å². The quantitative estimate of drug-likeness (QED) is 0.165. The largest absolute Gasteiger partial charge is 0.310 e. The minimum Gasteiger partial charge on any atom is -0.310 e. The Bertz CT molecular complexity index is 3180. The van der Waals surface area contributed by atoms with Crippen LogP contribution in [0.2, 0.25) is 0 Å². The molecule has 0 aliphatic heterocycles. The van der Waals surface area contributed by atoms with E-state index in [1.807, 2.05) is 13.8 Å². The van der Waals surface area contributed by atoms with E-state index in [1.165, 1.54) is 100 Å². The van der Waals surface area contributed by atoms with Crippen molar-refractivity contribution in [2.75, 3.05) is 9.80 Å². The summed E-state index contributed by atoms with van der Waals surface area (Å²) in [7, 11) is 0. The molecule has 0 atom stereocenters. The summed E-state index contributed by atoms with van der Waals surface area (Å²) in [4.78, 5) is 4.97. The number of hydrogen-bond acceptors (Lipinski definition) is 2. The fourth-order valence-electron chi connectivity index (χ4n) is 11.6. The highest BCUT2D eigenvalue weighted by molar-refractivity contribution is 6.08. The van der Waals surface area contributed by atoms with Crippen LogP contribution in [-0.2, 0) is 23.7 Å². The van der Waals surface area contributed by atoms with E-state index in [0.29, 0.717) is 0 Å². The van der Waals surface area contributed by atoms with Crippen LogP contribution in [0.3, 0.4) is 0 Å². The highest BCUT2D eigenvalue weighted by Crippen LogP contribution is 2.54. The average molecular weight is 829 g/mol. The van der Waals surface area contributed by atoms with Gasteiger partial charge in [0.15, 0.2) is 0 Å². The van der Waals surface area contributed by atoms with E-state index < -0.39 is 0 Å². The van der Waals surface area contributed by atoms with Gasteiger partial charge in [-0.1, -0.05) is 162 Å². The molecule has 0 saturated carbocycles. The van der Waals surface area contributed by atoms with Gasteiger partial charge in [0.1, 0.15) is 0 Å². The van der Waals surface area contributed by atoms with Crippen molar-refractivity contribution in [1.29, 1.82) is 0 Å². The molecule has 314 valence electrons. The number of fused-ring (bicyclic) bond motifs is 10. The molecule has 0 bridgehead atoms. The first-order valence-electron chi connectivity index (χ1n) is 23.5. The predicted molar refractivity (Wildman–Crippen MR) is 273 cm³/mol. The summed E-state index contributed by atoms with van der Waals surface area (Å²) < 4.78 is 0. The van der Waals surface area contributed by atoms with Crippen LogP contribution in [0.4, 0.5) is 34.1 Å². The van der Waals surface area contributed by atoms with Gasteiger partial charge in [-0.3, -0.25) is 0 Å². The maximum absolute atomic E-state index is 2.51. The molecule has 4 aliphatic rings. The summed E-state index contributed by atoms with van der Waals surface area (Å²) in [5.74, 6) is 0. The number of rotatable bonds is 6. The third-order valence-corrected chi connectivity index (χ3v) is 14.6. The molecule has 2 nitrogen and oxygen atoms in total. The molecule has 0 unspecified atom stereocenters. The van der Waals surface area contributed by atoms with E-state index in [0.717, 1.165) is 31.4 Å². The number of nitrogens with zero attached hydrogens (tertiary/aromatic N) is 2.